The fraction of sp³-hybridized carbons (Fsp3) is 0.632. The molecule has 1 aromatic rings. The molecule has 0 atom stereocenters. The minimum atomic E-state index is -0.114. The van der Waals surface area contributed by atoms with Crippen molar-refractivity contribution in [1.29, 1.82) is 0 Å². The maximum Gasteiger partial charge on any atom is 0.254 e. The molecule has 0 radical (unpaired) electrons. The molecule has 8 heteroatoms. The first-order valence-electron chi connectivity index (χ1n) is 9.61. The summed E-state index contributed by atoms with van der Waals surface area (Å²) in [6.07, 6.45) is 6.21. The summed E-state index contributed by atoms with van der Waals surface area (Å²) in [6.45, 7) is 4.96. The lowest BCUT2D eigenvalue weighted by molar-refractivity contribution is -0.130. The summed E-state index contributed by atoms with van der Waals surface area (Å²) >= 11 is 0. The Morgan fingerprint density at radius 1 is 1.04 bits per heavy atom. The van der Waals surface area contributed by atoms with Crippen molar-refractivity contribution in [3.05, 3.63) is 24.2 Å². The van der Waals surface area contributed by atoms with Gasteiger partial charge in [0.15, 0.2) is 0 Å². The summed E-state index contributed by atoms with van der Waals surface area (Å²) in [4.78, 5) is 39.6. The molecule has 2 aliphatic rings. The maximum atomic E-state index is 12.3. The van der Waals surface area contributed by atoms with E-state index in [1.165, 1.54) is 12.5 Å². The molecule has 0 saturated carbocycles. The molecule has 2 aliphatic heterocycles. The van der Waals surface area contributed by atoms with Gasteiger partial charge >= 0.3 is 0 Å². The highest BCUT2D eigenvalue weighted by atomic mass is 16.3. The number of amides is 3. The number of hydrogen-bond acceptors (Lipinski definition) is 5. The first-order valence-corrected chi connectivity index (χ1v) is 9.61. The molecular formula is C19H28N4O4. The highest BCUT2D eigenvalue weighted by Crippen LogP contribution is 2.13. The van der Waals surface area contributed by atoms with Crippen LogP contribution >= 0.6 is 0 Å². The predicted molar refractivity (Wildman–Crippen MR) is 99.1 cm³/mol. The highest BCUT2D eigenvalue weighted by Gasteiger charge is 2.25. The Bertz CT molecular complexity index is 645. The van der Waals surface area contributed by atoms with E-state index in [4.69, 9.17) is 4.42 Å². The van der Waals surface area contributed by atoms with E-state index in [0.29, 0.717) is 25.2 Å². The van der Waals surface area contributed by atoms with E-state index in [9.17, 15) is 14.4 Å². The van der Waals surface area contributed by atoms with Crippen molar-refractivity contribution in [2.45, 2.75) is 44.7 Å². The van der Waals surface area contributed by atoms with Crippen molar-refractivity contribution in [3.63, 3.8) is 0 Å². The van der Waals surface area contributed by atoms with Crippen LogP contribution in [0.2, 0.25) is 0 Å². The molecule has 0 aliphatic carbocycles. The summed E-state index contributed by atoms with van der Waals surface area (Å²) in [5, 5.41) is 6.10. The first-order chi connectivity index (χ1) is 13.0. The van der Waals surface area contributed by atoms with Crippen LogP contribution in [0.25, 0.3) is 0 Å². The maximum absolute atomic E-state index is 12.3. The number of nitrogens with zero attached hydrogens (tertiary/aromatic N) is 2. The highest BCUT2D eigenvalue weighted by molar-refractivity contribution is 5.93. The number of carbonyl (C=O) groups is 3. The summed E-state index contributed by atoms with van der Waals surface area (Å²) < 4.78 is 4.93. The molecule has 0 unspecified atom stereocenters. The van der Waals surface area contributed by atoms with Crippen molar-refractivity contribution in [3.8, 4) is 0 Å². The topological polar surface area (TPSA) is 94.9 Å². The fourth-order valence-corrected chi connectivity index (χ4v) is 3.71. The van der Waals surface area contributed by atoms with Crippen molar-refractivity contribution in [2.24, 2.45) is 0 Å². The summed E-state index contributed by atoms with van der Waals surface area (Å²) in [7, 11) is 0. The van der Waals surface area contributed by atoms with Crippen molar-refractivity contribution in [2.75, 3.05) is 32.7 Å². The molecule has 0 aromatic carbocycles. The Balaban J connectivity index is 1.33. The third-order valence-corrected chi connectivity index (χ3v) is 5.38. The monoisotopic (exact) mass is 376 g/mol. The second-order valence-corrected chi connectivity index (χ2v) is 7.38. The molecule has 3 amide bonds. The largest absolute Gasteiger partial charge is 0.472 e. The van der Waals surface area contributed by atoms with Crippen LogP contribution in [0.1, 0.15) is 43.0 Å². The van der Waals surface area contributed by atoms with Gasteiger partial charge in [0.25, 0.3) is 5.91 Å². The SMILES string of the molecule is CC(=O)N1CCC(NC(=O)CN2CCC(NC(=O)c3ccoc3)CC2)CC1. The van der Waals surface area contributed by atoms with Crippen molar-refractivity contribution >= 4 is 17.7 Å². The van der Waals surface area contributed by atoms with Crippen LogP contribution in [0.4, 0.5) is 0 Å². The number of likely N-dealkylation sites (tertiary alicyclic amines) is 2. The number of nitrogens with one attached hydrogen (secondary N) is 2. The van der Waals surface area contributed by atoms with E-state index in [1.807, 2.05) is 4.90 Å². The van der Waals surface area contributed by atoms with Gasteiger partial charge in [-0.3, -0.25) is 19.3 Å². The van der Waals surface area contributed by atoms with Gasteiger partial charge in [0.2, 0.25) is 11.8 Å². The van der Waals surface area contributed by atoms with Crippen LogP contribution in [0.3, 0.4) is 0 Å². The van der Waals surface area contributed by atoms with E-state index >= 15 is 0 Å². The molecule has 8 nitrogen and oxygen atoms in total. The summed E-state index contributed by atoms with van der Waals surface area (Å²) in [5.41, 5.74) is 0.535. The average Bonchev–Trinajstić information content (AvgIpc) is 3.18. The first kappa shape index (κ1) is 19.4. The fourth-order valence-electron chi connectivity index (χ4n) is 3.71. The second kappa shape index (κ2) is 9.03. The van der Waals surface area contributed by atoms with Crippen LogP contribution in [0, 0.1) is 0 Å². The normalized spacial score (nSPS) is 19.7. The van der Waals surface area contributed by atoms with Crippen LogP contribution in [0.5, 0.6) is 0 Å². The lowest BCUT2D eigenvalue weighted by Gasteiger charge is -2.34. The number of piperidine rings is 2. The van der Waals surface area contributed by atoms with Crippen LogP contribution in [-0.4, -0.2) is 72.3 Å². The van der Waals surface area contributed by atoms with Gasteiger partial charge in [0.1, 0.15) is 6.26 Å². The molecule has 3 heterocycles. The number of rotatable bonds is 5. The van der Waals surface area contributed by atoms with E-state index in [0.717, 1.165) is 38.8 Å². The van der Waals surface area contributed by atoms with Gasteiger partial charge in [0, 0.05) is 45.2 Å². The van der Waals surface area contributed by atoms with Crippen LogP contribution in [0.15, 0.2) is 23.0 Å². The number of carbonyl (C=O) groups excluding carboxylic acids is 3. The molecule has 1 aromatic heterocycles. The smallest absolute Gasteiger partial charge is 0.254 e. The van der Waals surface area contributed by atoms with E-state index in [-0.39, 0.29) is 29.8 Å². The average molecular weight is 376 g/mol. The van der Waals surface area contributed by atoms with Gasteiger partial charge in [-0.05, 0) is 31.7 Å². The molecule has 2 N–H and O–H groups in total. The third-order valence-electron chi connectivity index (χ3n) is 5.38. The van der Waals surface area contributed by atoms with Crippen LogP contribution < -0.4 is 10.6 Å². The summed E-state index contributed by atoms with van der Waals surface area (Å²) in [6, 6.07) is 1.93. The van der Waals surface area contributed by atoms with Gasteiger partial charge in [-0.25, -0.2) is 0 Å². The quantitative estimate of drug-likeness (QED) is 0.785. The molecule has 0 bridgehead atoms. The second-order valence-electron chi connectivity index (χ2n) is 7.38. The Hall–Kier alpha value is -2.35. The molecule has 27 heavy (non-hydrogen) atoms. The zero-order chi connectivity index (χ0) is 19.2. The molecule has 2 fully saturated rings. The van der Waals surface area contributed by atoms with E-state index in [2.05, 4.69) is 15.5 Å². The Labute approximate surface area is 159 Å². The van der Waals surface area contributed by atoms with Gasteiger partial charge < -0.3 is 20.0 Å². The minimum Gasteiger partial charge on any atom is -0.472 e. The van der Waals surface area contributed by atoms with E-state index < -0.39 is 0 Å². The lowest BCUT2D eigenvalue weighted by Crippen LogP contribution is -2.50. The molecular weight excluding hydrogens is 348 g/mol. The Morgan fingerprint density at radius 2 is 1.67 bits per heavy atom. The van der Waals surface area contributed by atoms with E-state index in [1.54, 1.807) is 13.0 Å². The van der Waals surface area contributed by atoms with Crippen molar-refractivity contribution in [1.82, 2.24) is 20.4 Å². The molecule has 148 valence electrons. The Morgan fingerprint density at radius 3 is 2.26 bits per heavy atom. The third kappa shape index (κ3) is 5.56. The predicted octanol–water partition coefficient (Wildman–Crippen LogP) is 0.601. The van der Waals surface area contributed by atoms with Gasteiger partial charge in [0.05, 0.1) is 18.4 Å². The lowest BCUT2D eigenvalue weighted by atomic mass is 10.0. The zero-order valence-electron chi connectivity index (χ0n) is 15.8. The van der Waals surface area contributed by atoms with Gasteiger partial charge in [-0.15, -0.1) is 0 Å². The zero-order valence-corrected chi connectivity index (χ0v) is 15.8. The van der Waals surface area contributed by atoms with Gasteiger partial charge in [-0.2, -0.15) is 0 Å². The van der Waals surface area contributed by atoms with Crippen LogP contribution in [-0.2, 0) is 9.59 Å². The van der Waals surface area contributed by atoms with Crippen molar-refractivity contribution < 1.29 is 18.8 Å². The minimum absolute atomic E-state index is 0.0390. The number of hydrogen-bond donors (Lipinski definition) is 2. The number of furan rings is 1. The molecule has 3 rings (SSSR count). The molecule has 2 saturated heterocycles. The Kier molecular flexibility index (Phi) is 6.49. The van der Waals surface area contributed by atoms with Gasteiger partial charge in [-0.1, -0.05) is 0 Å². The summed E-state index contributed by atoms with van der Waals surface area (Å²) in [5.74, 6) is 0.0245. The standard InChI is InChI=1S/C19H28N4O4/c1-14(24)23-9-4-16(5-10-23)20-18(25)12-22-7-2-17(3-8-22)21-19(26)15-6-11-27-13-15/h6,11,13,16-17H,2-5,7-10,12H2,1H3,(H,20,25)(H,21,26). The molecule has 0 spiro atoms.